The predicted molar refractivity (Wildman–Crippen MR) is 104 cm³/mol. The Morgan fingerprint density at radius 3 is 2.93 bits per heavy atom. The summed E-state index contributed by atoms with van der Waals surface area (Å²) in [4.78, 5) is 25.6. The summed E-state index contributed by atoms with van der Waals surface area (Å²) in [6.45, 7) is 4.28. The first-order valence-corrected chi connectivity index (χ1v) is 9.56. The Morgan fingerprint density at radius 1 is 1.30 bits per heavy atom. The summed E-state index contributed by atoms with van der Waals surface area (Å²) in [6.07, 6.45) is 0.550. The number of nitrogens with zero attached hydrogens (tertiary/aromatic N) is 3. The van der Waals surface area contributed by atoms with Crippen LogP contribution in [0.25, 0.3) is 11.3 Å². The molecule has 0 saturated carbocycles. The lowest BCUT2D eigenvalue weighted by Gasteiger charge is -2.27. The van der Waals surface area contributed by atoms with Crippen LogP contribution >= 0.6 is 11.3 Å². The number of thiazole rings is 1. The molecular formula is C19H19N5O2S. The normalized spacial score (nSPS) is 15.9. The second-order valence-electron chi connectivity index (χ2n) is 6.24. The molecule has 1 aliphatic heterocycles. The summed E-state index contributed by atoms with van der Waals surface area (Å²) in [5, 5.41) is 5.68. The number of rotatable bonds is 4. The van der Waals surface area contributed by atoms with E-state index < -0.39 is 0 Å². The van der Waals surface area contributed by atoms with Gasteiger partial charge in [0.15, 0.2) is 0 Å². The maximum atomic E-state index is 12.7. The molecule has 27 heavy (non-hydrogen) atoms. The molecule has 1 atom stereocenters. The van der Waals surface area contributed by atoms with Crippen molar-refractivity contribution in [2.45, 2.75) is 26.3 Å². The quantitative estimate of drug-likeness (QED) is 0.720. The molecule has 0 aliphatic carbocycles. The molecule has 3 aromatic rings. The number of nitrogen functional groups attached to an aromatic ring is 1. The number of carbonyl (C=O) groups is 1. The van der Waals surface area contributed by atoms with Gasteiger partial charge in [0.05, 0.1) is 35.3 Å². The Bertz CT molecular complexity index is 1020. The Balaban J connectivity index is 1.73. The summed E-state index contributed by atoms with van der Waals surface area (Å²) in [7, 11) is 0. The van der Waals surface area contributed by atoms with E-state index in [1.54, 1.807) is 6.92 Å². The largest absolute Gasteiger partial charge is 0.470 e. The van der Waals surface area contributed by atoms with Gasteiger partial charge < -0.3 is 15.8 Å². The number of fused-ring (bicyclic) bond motifs is 1. The molecule has 0 saturated heterocycles. The molecule has 138 valence electrons. The predicted octanol–water partition coefficient (Wildman–Crippen LogP) is 2.92. The van der Waals surface area contributed by atoms with Crippen molar-refractivity contribution in [1.82, 2.24) is 20.3 Å². The average molecular weight is 381 g/mol. The fraction of sp³-hybridized carbons (Fsp3) is 0.263. The Hall–Kier alpha value is -3.00. The van der Waals surface area contributed by atoms with Crippen molar-refractivity contribution < 1.29 is 9.53 Å². The highest BCUT2D eigenvalue weighted by Gasteiger charge is 2.30. The van der Waals surface area contributed by atoms with Crippen LogP contribution in [-0.4, -0.2) is 27.5 Å². The molecule has 8 heteroatoms. The summed E-state index contributed by atoms with van der Waals surface area (Å²) in [5.74, 6) is 0.00989. The molecule has 4 rings (SSSR count). The van der Waals surface area contributed by atoms with Crippen LogP contribution in [0.3, 0.4) is 0 Å². The summed E-state index contributed by atoms with van der Waals surface area (Å²) >= 11 is 1.46. The lowest BCUT2D eigenvalue weighted by molar-refractivity contribution is 0.0922. The molecule has 1 aliphatic rings. The number of nitrogens with two attached hydrogens (primary N) is 1. The van der Waals surface area contributed by atoms with Crippen molar-refractivity contribution in [1.29, 1.82) is 0 Å². The highest BCUT2D eigenvalue weighted by Crippen LogP contribution is 2.35. The van der Waals surface area contributed by atoms with Gasteiger partial charge in [-0.3, -0.25) is 4.79 Å². The fourth-order valence-electron chi connectivity index (χ4n) is 3.37. The molecule has 0 fully saturated rings. The van der Waals surface area contributed by atoms with E-state index >= 15 is 0 Å². The second kappa shape index (κ2) is 6.96. The van der Waals surface area contributed by atoms with Crippen molar-refractivity contribution >= 4 is 23.2 Å². The minimum Gasteiger partial charge on any atom is -0.470 e. The van der Waals surface area contributed by atoms with Crippen LogP contribution in [-0.2, 0) is 6.42 Å². The van der Waals surface area contributed by atoms with E-state index in [-0.39, 0.29) is 17.9 Å². The molecule has 1 amide bonds. The summed E-state index contributed by atoms with van der Waals surface area (Å²) in [5.41, 5.74) is 10.4. The molecule has 0 spiro atoms. The maximum absolute atomic E-state index is 12.7. The minimum absolute atomic E-state index is 0.179. The van der Waals surface area contributed by atoms with E-state index in [0.29, 0.717) is 35.2 Å². The molecule has 2 aromatic heterocycles. The van der Waals surface area contributed by atoms with Crippen LogP contribution in [0.2, 0.25) is 0 Å². The lowest BCUT2D eigenvalue weighted by atomic mass is 9.90. The second-order valence-corrected chi connectivity index (χ2v) is 7.06. The summed E-state index contributed by atoms with van der Waals surface area (Å²) in [6, 6.07) is 7.70. The van der Waals surface area contributed by atoms with Crippen LogP contribution < -0.4 is 15.8 Å². The first kappa shape index (κ1) is 17.4. The number of aryl methyl sites for hydroxylation is 1. The SMILES string of the molecule is CCOc1nc(-c2ccccc2C2Cc3nc(N)nc(C)c3C(=O)N2)cs1. The van der Waals surface area contributed by atoms with Gasteiger partial charge in [0, 0.05) is 17.4 Å². The number of carbonyl (C=O) groups excluding carboxylic acids is 1. The smallest absolute Gasteiger partial charge is 0.273 e. The Kier molecular flexibility index (Phi) is 4.49. The van der Waals surface area contributed by atoms with Gasteiger partial charge in [0.1, 0.15) is 0 Å². The van der Waals surface area contributed by atoms with Crippen LogP contribution in [0, 0.1) is 6.92 Å². The van der Waals surface area contributed by atoms with E-state index in [0.717, 1.165) is 16.8 Å². The van der Waals surface area contributed by atoms with Crippen LogP contribution in [0.15, 0.2) is 29.6 Å². The molecule has 1 aromatic carbocycles. The Labute approximate surface area is 160 Å². The van der Waals surface area contributed by atoms with E-state index in [1.807, 2.05) is 36.6 Å². The van der Waals surface area contributed by atoms with E-state index in [4.69, 9.17) is 10.5 Å². The number of anilines is 1. The third kappa shape index (κ3) is 3.23. The van der Waals surface area contributed by atoms with Crippen molar-refractivity contribution in [3.05, 3.63) is 52.2 Å². The number of hydrogen-bond donors (Lipinski definition) is 2. The number of hydrogen-bond acceptors (Lipinski definition) is 7. The average Bonchev–Trinajstić information content (AvgIpc) is 3.09. The maximum Gasteiger partial charge on any atom is 0.273 e. The Morgan fingerprint density at radius 2 is 2.11 bits per heavy atom. The van der Waals surface area contributed by atoms with Gasteiger partial charge in [-0.2, -0.15) is 0 Å². The van der Waals surface area contributed by atoms with Crippen molar-refractivity contribution in [2.24, 2.45) is 0 Å². The van der Waals surface area contributed by atoms with Gasteiger partial charge in [0.25, 0.3) is 11.1 Å². The monoisotopic (exact) mass is 381 g/mol. The van der Waals surface area contributed by atoms with Gasteiger partial charge in [-0.25, -0.2) is 15.0 Å². The third-order valence-corrected chi connectivity index (χ3v) is 5.23. The molecule has 1 unspecified atom stereocenters. The first-order chi connectivity index (χ1) is 13.1. The van der Waals surface area contributed by atoms with Gasteiger partial charge in [0.2, 0.25) is 5.95 Å². The molecule has 3 N–H and O–H groups in total. The van der Waals surface area contributed by atoms with Gasteiger partial charge in [-0.15, -0.1) is 0 Å². The topological polar surface area (TPSA) is 103 Å². The van der Waals surface area contributed by atoms with Crippen molar-refractivity contribution in [2.75, 3.05) is 12.3 Å². The van der Waals surface area contributed by atoms with Crippen molar-refractivity contribution in [3.63, 3.8) is 0 Å². The number of aromatic nitrogens is 3. The number of nitrogens with one attached hydrogen (secondary N) is 1. The molecule has 0 bridgehead atoms. The van der Waals surface area contributed by atoms with Gasteiger partial charge in [-0.1, -0.05) is 35.6 Å². The number of amides is 1. The minimum atomic E-state index is -0.216. The highest BCUT2D eigenvalue weighted by atomic mass is 32.1. The first-order valence-electron chi connectivity index (χ1n) is 8.68. The molecule has 3 heterocycles. The number of ether oxygens (including phenoxy) is 1. The third-order valence-electron chi connectivity index (χ3n) is 4.48. The zero-order valence-electron chi connectivity index (χ0n) is 15.0. The van der Waals surface area contributed by atoms with E-state index in [9.17, 15) is 4.79 Å². The van der Waals surface area contributed by atoms with Crippen LogP contribution in [0.5, 0.6) is 5.19 Å². The van der Waals surface area contributed by atoms with E-state index in [2.05, 4.69) is 20.3 Å². The van der Waals surface area contributed by atoms with Gasteiger partial charge in [-0.05, 0) is 19.4 Å². The standard InChI is InChI=1S/C19H19N5O2S/c1-3-26-19-24-15(9-27-19)12-7-5-4-6-11(12)13-8-14-16(17(25)22-13)10(2)21-18(20)23-14/h4-7,9,13H,3,8H2,1-2H3,(H,22,25)(H2,20,21,23). The molecular weight excluding hydrogens is 362 g/mol. The lowest BCUT2D eigenvalue weighted by Crippen LogP contribution is -2.37. The van der Waals surface area contributed by atoms with Crippen LogP contribution in [0.4, 0.5) is 5.95 Å². The fourth-order valence-corrected chi connectivity index (χ4v) is 4.10. The van der Waals surface area contributed by atoms with Crippen LogP contribution in [0.1, 0.15) is 40.3 Å². The van der Waals surface area contributed by atoms with E-state index in [1.165, 1.54) is 11.3 Å². The molecule has 0 radical (unpaired) electrons. The van der Waals surface area contributed by atoms with Crippen molar-refractivity contribution in [3.8, 4) is 16.5 Å². The highest BCUT2D eigenvalue weighted by molar-refractivity contribution is 7.11. The zero-order chi connectivity index (χ0) is 19.0. The summed E-state index contributed by atoms with van der Waals surface area (Å²) < 4.78 is 5.49. The zero-order valence-corrected chi connectivity index (χ0v) is 15.8. The molecule has 7 nitrogen and oxygen atoms in total. The number of benzene rings is 1. The van der Waals surface area contributed by atoms with Gasteiger partial charge >= 0.3 is 0 Å².